The molecule has 1 saturated carbocycles. The summed E-state index contributed by atoms with van der Waals surface area (Å²) in [6, 6.07) is 0. The van der Waals surface area contributed by atoms with Crippen LogP contribution in [0.3, 0.4) is 0 Å². The number of carbonyl (C=O) groups excluding carboxylic acids is 2. The van der Waals surface area contributed by atoms with E-state index in [1.807, 2.05) is 0 Å². The van der Waals surface area contributed by atoms with Crippen molar-refractivity contribution < 1.29 is 19.1 Å². The van der Waals surface area contributed by atoms with Crippen molar-refractivity contribution in [1.29, 1.82) is 0 Å². The number of carbonyl (C=O) groups is 2. The summed E-state index contributed by atoms with van der Waals surface area (Å²) in [7, 11) is 1.29. The van der Waals surface area contributed by atoms with Crippen LogP contribution in [0, 0.1) is 12.8 Å². The standard InChI is InChI=1S/C18H22N2O5S/c1-10-4-6-12(7-5-10)25-13(21)8-20-9-19-16-14(17(20)22)11(2)15(26-16)18(23)24-3/h9-10,12H,4-8H2,1-3H3. The second-order valence-corrected chi connectivity index (χ2v) is 7.78. The van der Waals surface area contributed by atoms with Gasteiger partial charge in [0.15, 0.2) is 0 Å². The number of thiophene rings is 1. The number of aryl methyl sites for hydroxylation is 1. The minimum atomic E-state index is -0.498. The largest absolute Gasteiger partial charge is 0.465 e. The highest BCUT2D eigenvalue weighted by Crippen LogP contribution is 2.27. The van der Waals surface area contributed by atoms with Crippen LogP contribution in [0.4, 0.5) is 0 Å². The molecule has 7 nitrogen and oxygen atoms in total. The van der Waals surface area contributed by atoms with E-state index >= 15 is 0 Å². The molecule has 0 unspecified atom stereocenters. The van der Waals surface area contributed by atoms with Gasteiger partial charge in [-0.15, -0.1) is 11.3 Å². The summed E-state index contributed by atoms with van der Waals surface area (Å²) in [5.41, 5.74) is 0.173. The number of aromatic nitrogens is 2. The van der Waals surface area contributed by atoms with E-state index in [1.165, 1.54) is 18.0 Å². The van der Waals surface area contributed by atoms with Gasteiger partial charge in [-0.3, -0.25) is 14.2 Å². The highest BCUT2D eigenvalue weighted by Gasteiger charge is 2.23. The van der Waals surface area contributed by atoms with Crippen LogP contribution >= 0.6 is 11.3 Å². The minimum absolute atomic E-state index is 0.0695. The van der Waals surface area contributed by atoms with Gasteiger partial charge >= 0.3 is 11.9 Å². The summed E-state index contributed by atoms with van der Waals surface area (Å²) >= 11 is 1.11. The molecule has 1 fully saturated rings. The summed E-state index contributed by atoms with van der Waals surface area (Å²) in [6.07, 6.45) is 5.09. The maximum Gasteiger partial charge on any atom is 0.348 e. The molecule has 0 saturated heterocycles. The van der Waals surface area contributed by atoms with E-state index in [1.54, 1.807) is 6.92 Å². The van der Waals surface area contributed by atoms with Crippen molar-refractivity contribution in [2.24, 2.45) is 5.92 Å². The van der Waals surface area contributed by atoms with Crippen molar-refractivity contribution in [3.05, 3.63) is 27.1 Å². The van der Waals surface area contributed by atoms with E-state index in [-0.39, 0.29) is 18.2 Å². The van der Waals surface area contributed by atoms with Crippen LogP contribution in [0.2, 0.25) is 0 Å². The van der Waals surface area contributed by atoms with Gasteiger partial charge in [0.05, 0.1) is 18.8 Å². The fourth-order valence-corrected chi connectivity index (χ4v) is 4.33. The Morgan fingerprint density at radius 3 is 2.65 bits per heavy atom. The number of fused-ring (bicyclic) bond motifs is 1. The van der Waals surface area contributed by atoms with Gasteiger partial charge in [-0.05, 0) is 44.1 Å². The molecule has 0 aliphatic heterocycles. The number of hydrogen-bond acceptors (Lipinski definition) is 7. The zero-order valence-corrected chi connectivity index (χ0v) is 15.9. The van der Waals surface area contributed by atoms with Crippen molar-refractivity contribution >= 4 is 33.5 Å². The van der Waals surface area contributed by atoms with Gasteiger partial charge in [-0.1, -0.05) is 6.92 Å². The topological polar surface area (TPSA) is 87.5 Å². The molecule has 1 aliphatic carbocycles. The van der Waals surface area contributed by atoms with Crippen LogP contribution in [0.25, 0.3) is 10.2 Å². The van der Waals surface area contributed by atoms with E-state index in [4.69, 9.17) is 9.47 Å². The average molecular weight is 378 g/mol. The second kappa shape index (κ2) is 7.57. The van der Waals surface area contributed by atoms with E-state index < -0.39 is 11.9 Å². The van der Waals surface area contributed by atoms with Crippen molar-refractivity contribution in [3.8, 4) is 0 Å². The van der Waals surface area contributed by atoms with Crippen molar-refractivity contribution in [2.45, 2.75) is 52.2 Å². The molecular weight excluding hydrogens is 356 g/mol. The zero-order valence-electron chi connectivity index (χ0n) is 15.1. The van der Waals surface area contributed by atoms with Gasteiger partial charge in [0.2, 0.25) is 0 Å². The van der Waals surface area contributed by atoms with Gasteiger partial charge in [0.25, 0.3) is 5.56 Å². The predicted octanol–water partition coefficient (Wildman–Crippen LogP) is 2.67. The van der Waals surface area contributed by atoms with Gasteiger partial charge in [-0.2, -0.15) is 0 Å². The summed E-state index contributed by atoms with van der Waals surface area (Å²) in [5, 5.41) is 0.345. The first-order valence-corrected chi connectivity index (χ1v) is 9.48. The number of rotatable bonds is 4. The van der Waals surface area contributed by atoms with Crippen molar-refractivity contribution in [2.75, 3.05) is 7.11 Å². The third-order valence-electron chi connectivity index (χ3n) is 4.85. The number of hydrogen-bond donors (Lipinski definition) is 0. The van der Waals surface area contributed by atoms with E-state index in [0.717, 1.165) is 37.0 Å². The molecular formula is C18H22N2O5S. The van der Waals surface area contributed by atoms with Gasteiger partial charge < -0.3 is 9.47 Å². The van der Waals surface area contributed by atoms with Gasteiger partial charge in [0.1, 0.15) is 22.4 Å². The quantitative estimate of drug-likeness (QED) is 0.760. The molecule has 140 valence electrons. The lowest BCUT2D eigenvalue weighted by Crippen LogP contribution is -2.29. The van der Waals surface area contributed by atoms with Crippen molar-refractivity contribution in [3.63, 3.8) is 0 Å². The molecule has 2 aromatic heterocycles. The Bertz CT molecular complexity index is 893. The second-order valence-electron chi connectivity index (χ2n) is 6.78. The summed E-state index contributed by atoms with van der Waals surface area (Å²) < 4.78 is 11.5. The Morgan fingerprint density at radius 1 is 1.31 bits per heavy atom. The molecule has 0 N–H and O–H groups in total. The third-order valence-corrected chi connectivity index (χ3v) is 6.03. The highest BCUT2D eigenvalue weighted by molar-refractivity contribution is 7.20. The fourth-order valence-electron chi connectivity index (χ4n) is 3.27. The first-order valence-electron chi connectivity index (χ1n) is 8.67. The first kappa shape index (κ1) is 18.6. The van der Waals surface area contributed by atoms with E-state index in [9.17, 15) is 14.4 Å². The molecule has 0 atom stereocenters. The molecule has 0 spiro atoms. The summed E-state index contributed by atoms with van der Waals surface area (Å²) in [5.74, 6) is -0.263. The smallest absolute Gasteiger partial charge is 0.348 e. The molecule has 26 heavy (non-hydrogen) atoms. The van der Waals surface area contributed by atoms with Crippen molar-refractivity contribution in [1.82, 2.24) is 9.55 Å². The lowest BCUT2D eigenvalue weighted by Gasteiger charge is -2.26. The molecule has 1 aliphatic rings. The average Bonchev–Trinajstić information content (AvgIpc) is 2.96. The van der Waals surface area contributed by atoms with Crippen LogP contribution < -0.4 is 5.56 Å². The van der Waals surface area contributed by atoms with Crippen LogP contribution in [-0.4, -0.2) is 34.7 Å². The number of methoxy groups -OCH3 is 1. The Hall–Kier alpha value is -2.22. The van der Waals surface area contributed by atoms with Gasteiger partial charge in [-0.25, -0.2) is 9.78 Å². The molecule has 2 aromatic rings. The summed E-state index contributed by atoms with van der Waals surface area (Å²) in [4.78, 5) is 41.8. The molecule has 3 rings (SSSR count). The third kappa shape index (κ3) is 3.65. The number of esters is 2. The molecule has 0 aromatic carbocycles. The van der Waals surface area contributed by atoms with E-state index in [2.05, 4.69) is 11.9 Å². The Balaban J connectivity index is 1.79. The first-order chi connectivity index (χ1) is 12.4. The normalized spacial score (nSPS) is 20.1. The predicted molar refractivity (Wildman–Crippen MR) is 97.5 cm³/mol. The summed E-state index contributed by atoms with van der Waals surface area (Å²) in [6.45, 7) is 3.70. The zero-order chi connectivity index (χ0) is 18.8. The van der Waals surface area contributed by atoms with Crippen LogP contribution in [0.15, 0.2) is 11.1 Å². The minimum Gasteiger partial charge on any atom is -0.465 e. The Morgan fingerprint density at radius 2 is 2.00 bits per heavy atom. The highest BCUT2D eigenvalue weighted by atomic mass is 32.1. The van der Waals surface area contributed by atoms with E-state index in [0.29, 0.717) is 26.6 Å². The monoisotopic (exact) mass is 378 g/mol. The Labute approximate surface area is 154 Å². The fraction of sp³-hybridized carbons (Fsp3) is 0.556. The van der Waals surface area contributed by atoms with Crippen LogP contribution in [-0.2, 0) is 20.8 Å². The molecule has 0 amide bonds. The molecule has 8 heteroatoms. The Kier molecular flexibility index (Phi) is 5.41. The number of nitrogens with zero attached hydrogens (tertiary/aromatic N) is 2. The number of ether oxygens (including phenoxy) is 2. The molecule has 0 radical (unpaired) electrons. The van der Waals surface area contributed by atoms with Crippen LogP contribution in [0.1, 0.15) is 47.8 Å². The maximum absolute atomic E-state index is 12.7. The lowest BCUT2D eigenvalue weighted by atomic mass is 9.89. The lowest BCUT2D eigenvalue weighted by molar-refractivity contribution is -0.151. The van der Waals surface area contributed by atoms with Gasteiger partial charge in [0, 0.05) is 0 Å². The SMILES string of the molecule is COC(=O)c1sc2ncn(CC(=O)OC3CCC(C)CC3)c(=O)c2c1C. The molecule has 0 bridgehead atoms. The molecule has 2 heterocycles. The maximum atomic E-state index is 12.7. The van der Waals surface area contributed by atoms with Crippen LogP contribution in [0.5, 0.6) is 0 Å².